The maximum Gasteiger partial charge on any atom is 0.343 e. The minimum absolute atomic E-state index is 0.278. The molecule has 4 aromatic carbocycles. The van der Waals surface area contributed by atoms with Crippen LogP contribution >= 0.6 is 15.9 Å². The van der Waals surface area contributed by atoms with Gasteiger partial charge in [0.15, 0.2) is 17.6 Å². The van der Waals surface area contributed by atoms with E-state index in [0.29, 0.717) is 22.8 Å². The van der Waals surface area contributed by atoms with Crippen molar-refractivity contribution < 1.29 is 28.5 Å². The fourth-order valence-corrected chi connectivity index (χ4v) is 3.91. The van der Waals surface area contributed by atoms with Crippen LogP contribution in [0.25, 0.3) is 10.8 Å². The Bertz CT molecular complexity index is 1490. The molecule has 4 aromatic rings. The molecule has 0 heterocycles. The zero-order chi connectivity index (χ0) is 27.1. The molecule has 0 radical (unpaired) electrons. The number of ether oxygens (including phenoxy) is 4. The molecular weight excluding hydrogens is 552 g/mol. The van der Waals surface area contributed by atoms with Gasteiger partial charge in [0.05, 0.1) is 26.0 Å². The monoisotopic (exact) mass is 576 g/mol. The second-order valence-corrected chi connectivity index (χ2v) is 9.02. The Labute approximate surface area is 228 Å². The quantitative estimate of drug-likeness (QED) is 0.118. The van der Waals surface area contributed by atoms with Gasteiger partial charge < -0.3 is 18.9 Å². The minimum atomic E-state index is -0.789. The number of carbonyl (C=O) groups is 2. The molecular formula is C29H25BrN2O6. The maximum atomic E-state index is 13.0. The van der Waals surface area contributed by atoms with E-state index in [1.54, 1.807) is 43.3 Å². The van der Waals surface area contributed by atoms with Crippen molar-refractivity contribution in [3.8, 4) is 23.0 Å². The van der Waals surface area contributed by atoms with Crippen molar-refractivity contribution in [2.24, 2.45) is 5.10 Å². The number of nitrogens with zero attached hydrogens (tertiary/aromatic N) is 1. The summed E-state index contributed by atoms with van der Waals surface area (Å²) in [6.07, 6.45) is 0.660. The number of esters is 1. The predicted octanol–water partition coefficient (Wildman–Crippen LogP) is 5.76. The Morgan fingerprint density at radius 2 is 1.61 bits per heavy atom. The Kier molecular flexibility index (Phi) is 8.60. The highest BCUT2D eigenvalue weighted by Gasteiger charge is 2.17. The Hall–Kier alpha value is -4.37. The number of benzene rings is 4. The van der Waals surface area contributed by atoms with Crippen LogP contribution in [0, 0.1) is 0 Å². The lowest BCUT2D eigenvalue weighted by Gasteiger charge is -2.13. The third-order valence-corrected chi connectivity index (χ3v) is 6.15. The molecule has 1 amide bonds. The van der Waals surface area contributed by atoms with E-state index in [1.807, 2.05) is 42.5 Å². The molecule has 0 saturated heterocycles. The molecule has 0 aliphatic heterocycles. The molecule has 0 saturated carbocycles. The van der Waals surface area contributed by atoms with E-state index in [1.165, 1.54) is 20.4 Å². The molecule has 38 heavy (non-hydrogen) atoms. The number of methoxy groups -OCH3 is 2. The van der Waals surface area contributed by atoms with Crippen LogP contribution < -0.4 is 24.4 Å². The van der Waals surface area contributed by atoms with Crippen molar-refractivity contribution in [1.82, 2.24) is 5.43 Å². The average molecular weight is 577 g/mol. The van der Waals surface area contributed by atoms with E-state index >= 15 is 0 Å². The second-order valence-electron chi connectivity index (χ2n) is 8.11. The summed E-state index contributed by atoms with van der Waals surface area (Å²) in [6, 6.07) is 23.0. The fraction of sp³-hybridized carbons (Fsp3) is 0.138. The van der Waals surface area contributed by atoms with Gasteiger partial charge in [-0.1, -0.05) is 46.3 Å². The highest BCUT2D eigenvalue weighted by Crippen LogP contribution is 2.30. The number of carbonyl (C=O) groups excluding carboxylic acids is 2. The summed E-state index contributed by atoms with van der Waals surface area (Å²) in [7, 11) is 3.01. The zero-order valence-corrected chi connectivity index (χ0v) is 22.5. The molecule has 0 aromatic heterocycles. The Balaban J connectivity index is 1.54. The topological polar surface area (TPSA) is 95.5 Å². The third kappa shape index (κ3) is 6.30. The lowest BCUT2D eigenvalue weighted by molar-refractivity contribution is -0.127. The first-order valence-electron chi connectivity index (χ1n) is 11.6. The van der Waals surface area contributed by atoms with E-state index < -0.39 is 18.0 Å². The number of halogens is 1. The molecule has 0 bridgehead atoms. The van der Waals surface area contributed by atoms with Crippen LogP contribution in [0.4, 0.5) is 0 Å². The minimum Gasteiger partial charge on any atom is -0.493 e. The van der Waals surface area contributed by atoms with E-state index in [2.05, 4.69) is 26.5 Å². The first-order chi connectivity index (χ1) is 18.4. The van der Waals surface area contributed by atoms with Gasteiger partial charge in [0.25, 0.3) is 5.91 Å². The molecule has 9 heteroatoms. The summed E-state index contributed by atoms with van der Waals surface area (Å²) in [5.74, 6) is 0.713. The van der Waals surface area contributed by atoms with Gasteiger partial charge in [0, 0.05) is 10.0 Å². The predicted molar refractivity (Wildman–Crippen MR) is 148 cm³/mol. The molecule has 1 atom stereocenters. The standard InChI is InChI=1S/C29H25BrN2O6/c1-18(37-22-12-10-21(30)11-13-22)28(33)32-31-17-24-23-7-5-4-6-19(23)8-14-25(24)38-29(34)20-9-15-26(35-2)27(16-20)36-3/h4-18H,1-3H3,(H,32,33)/b31-17+. The smallest absolute Gasteiger partial charge is 0.343 e. The van der Waals surface area contributed by atoms with Crippen LogP contribution in [-0.2, 0) is 4.79 Å². The van der Waals surface area contributed by atoms with Gasteiger partial charge in [-0.15, -0.1) is 0 Å². The Morgan fingerprint density at radius 1 is 0.895 bits per heavy atom. The van der Waals surface area contributed by atoms with Gasteiger partial charge in [-0.05, 0) is 66.2 Å². The molecule has 1 unspecified atom stereocenters. The number of amides is 1. The van der Waals surface area contributed by atoms with Gasteiger partial charge in [-0.25, -0.2) is 10.2 Å². The van der Waals surface area contributed by atoms with Crippen LogP contribution in [0.5, 0.6) is 23.0 Å². The van der Waals surface area contributed by atoms with E-state index in [9.17, 15) is 9.59 Å². The summed E-state index contributed by atoms with van der Waals surface area (Å²) < 4.78 is 22.8. The first-order valence-corrected chi connectivity index (χ1v) is 12.4. The normalized spacial score (nSPS) is 11.7. The van der Waals surface area contributed by atoms with Crippen molar-refractivity contribution in [2.45, 2.75) is 13.0 Å². The summed E-state index contributed by atoms with van der Waals surface area (Å²) in [6.45, 7) is 1.63. The summed E-state index contributed by atoms with van der Waals surface area (Å²) in [5, 5.41) is 5.83. The average Bonchev–Trinajstić information content (AvgIpc) is 2.94. The molecule has 194 valence electrons. The van der Waals surface area contributed by atoms with Crippen LogP contribution in [0.15, 0.2) is 88.4 Å². The Morgan fingerprint density at radius 3 is 2.34 bits per heavy atom. The van der Waals surface area contributed by atoms with Crippen molar-refractivity contribution in [2.75, 3.05) is 14.2 Å². The van der Waals surface area contributed by atoms with Crippen molar-refractivity contribution >= 4 is 44.8 Å². The maximum absolute atomic E-state index is 13.0. The van der Waals surface area contributed by atoms with Crippen molar-refractivity contribution in [3.63, 3.8) is 0 Å². The molecule has 0 aliphatic rings. The van der Waals surface area contributed by atoms with Crippen molar-refractivity contribution in [1.29, 1.82) is 0 Å². The molecule has 4 rings (SSSR count). The highest BCUT2D eigenvalue weighted by molar-refractivity contribution is 9.10. The second kappa shape index (κ2) is 12.2. The van der Waals surface area contributed by atoms with E-state index in [-0.39, 0.29) is 11.3 Å². The van der Waals surface area contributed by atoms with Gasteiger partial charge >= 0.3 is 5.97 Å². The molecule has 0 spiro atoms. The van der Waals surface area contributed by atoms with Crippen LogP contribution in [0.3, 0.4) is 0 Å². The summed E-state index contributed by atoms with van der Waals surface area (Å²) >= 11 is 3.36. The number of hydrogen-bond acceptors (Lipinski definition) is 7. The van der Waals surface area contributed by atoms with Crippen LogP contribution in [0.2, 0.25) is 0 Å². The summed E-state index contributed by atoms with van der Waals surface area (Å²) in [5.41, 5.74) is 3.30. The van der Waals surface area contributed by atoms with E-state index in [4.69, 9.17) is 18.9 Å². The SMILES string of the molecule is COc1ccc(C(=O)Oc2ccc3ccccc3c2/C=N/NC(=O)C(C)Oc2ccc(Br)cc2)cc1OC. The lowest BCUT2D eigenvalue weighted by Crippen LogP contribution is -2.33. The number of nitrogens with one attached hydrogen (secondary N) is 1. The zero-order valence-electron chi connectivity index (χ0n) is 20.9. The fourth-order valence-electron chi connectivity index (χ4n) is 3.64. The molecule has 0 fully saturated rings. The van der Waals surface area contributed by atoms with Crippen LogP contribution in [0.1, 0.15) is 22.8 Å². The molecule has 0 aliphatic carbocycles. The number of fused-ring (bicyclic) bond motifs is 1. The first kappa shape index (κ1) is 26.7. The van der Waals surface area contributed by atoms with Crippen LogP contribution in [-0.4, -0.2) is 38.4 Å². The largest absolute Gasteiger partial charge is 0.493 e. The number of hydrogen-bond donors (Lipinski definition) is 1. The van der Waals surface area contributed by atoms with Gasteiger partial charge in [-0.3, -0.25) is 4.79 Å². The van der Waals surface area contributed by atoms with E-state index in [0.717, 1.165) is 15.2 Å². The van der Waals surface area contributed by atoms with Gasteiger partial charge in [-0.2, -0.15) is 5.10 Å². The van der Waals surface area contributed by atoms with Crippen molar-refractivity contribution in [3.05, 3.63) is 94.5 Å². The number of hydrazone groups is 1. The lowest BCUT2D eigenvalue weighted by atomic mass is 10.0. The highest BCUT2D eigenvalue weighted by atomic mass is 79.9. The van der Waals surface area contributed by atoms with Gasteiger partial charge in [0.1, 0.15) is 11.5 Å². The number of rotatable bonds is 9. The molecule has 1 N–H and O–H groups in total. The third-order valence-electron chi connectivity index (χ3n) is 5.62. The molecule has 8 nitrogen and oxygen atoms in total. The van der Waals surface area contributed by atoms with Gasteiger partial charge in [0.2, 0.25) is 0 Å². The summed E-state index contributed by atoms with van der Waals surface area (Å²) in [4.78, 5) is 25.5.